The van der Waals surface area contributed by atoms with Crippen LogP contribution in [0.2, 0.25) is 0 Å². The first-order valence-electron chi connectivity index (χ1n) is 9.63. The Labute approximate surface area is 174 Å². The Kier molecular flexibility index (Phi) is 6.97. The SMILES string of the molecule is CCOc1cc(-c2cnn(-c3ccc(C(=O)NCC(C)COC)cn3)c2O)ccn1. The van der Waals surface area contributed by atoms with Crippen LogP contribution >= 0.6 is 0 Å². The van der Waals surface area contributed by atoms with E-state index < -0.39 is 0 Å². The number of hydrogen-bond donors (Lipinski definition) is 2. The number of aromatic hydroxyl groups is 1. The first-order valence-corrected chi connectivity index (χ1v) is 9.63. The third-order valence-electron chi connectivity index (χ3n) is 4.37. The van der Waals surface area contributed by atoms with Crippen LogP contribution in [-0.2, 0) is 4.74 Å². The molecule has 1 atom stereocenters. The van der Waals surface area contributed by atoms with Crippen LogP contribution in [0, 0.1) is 5.92 Å². The first kappa shape index (κ1) is 21.3. The minimum atomic E-state index is -0.220. The molecule has 0 saturated heterocycles. The van der Waals surface area contributed by atoms with Crippen LogP contribution in [0.5, 0.6) is 11.8 Å². The molecule has 158 valence electrons. The number of rotatable bonds is 9. The number of hydrogen-bond acceptors (Lipinski definition) is 7. The molecule has 3 heterocycles. The summed E-state index contributed by atoms with van der Waals surface area (Å²) >= 11 is 0. The van der Waals surface area contributed by atoms with E-state index in [2.05, 4.69) is 20.4 Å². The van der Waals surface area contributed by atoms with E-state index in [-0.39, 0.29) is 17.7 Å². The van der Waals surface area contributed by atoms with Gasteiger partial charge in [0.1, 0.15) is 0 Å². The van der Waals surface area contributed by atoms with Gasteiger partial charge in [-0.2, -0.15) is 9.78 Å². The molecule has 3 rings (SSSR count). The van der Waals surface area contributed by atoms with E-state index in [1.54, 1.807) is 43.8 Å². The third kappa shape index (κ3) is 4.93. The summed E-state index contributed by atoms with van der Waals surface area (Å²) in [5.41, 5.74) is 1.67. The molecular weight excluding hydrogens is 386 g/mol. The van der Waals surface area contributed by atoms with Crippen molar-refractivity contribution in [2.75, 3.05) is 26.9 Å². The summed E-state index contributed by atoms with van der Waals surface area (Å²) in [7, 11) is 1.63. The summed E-state index contributed by atoms with van der Waals surface area (Å²) in [6, 6.07) is 6.76. The Morgan fingerprint density at radius 3 is 2.80 bits per heavy atom. The maximum Gasteiger partial charge on any atom is 0.252 e. The van der Waals surface area contributed by atoms with E-state index in [0.29, 0.717) is 42.6 Å². The molecule has 0 aliphatic carbocycles. The van der Waals surface area contributed by atoms with Gasteiger partial charge < -0.3 is 19.9 Å². The molecule has 0 aliphatic heterocycles. The number of aromatic nitrogens is 4. The highest BCUT2D eigenvalue weighted by Crippen LogP contribution is 2.31. The fourth-order valence-electron chi connectivity index (χ4n) is 2.88. The number of methoxy groups -OCH3 is 1. The maximum absolute atomic E-state index is 12.3. The zero-order chi connectivity index (χ0) is 21.5. The largest absolute Gasteiger partial charge is 0.493 e. The Hall–Kier alpha value is -3.46. The molecule has 3 aromatic rings. The normalized spacial score (nSPS) is 11.8. The number of amides is 1. The van der Waals surface area contributed by atoms with E-state index in [4.69, 9.17) is 9.47 Å². The quantitative estimate of drug-likeness (QED) is 0.556. The molecule has 9 heteroatoms. The van der Waals surface area contributed by atoms with Crippen LogP contribution in [0.4, 0.5) is 0 Å². The van der Waals surface area contributed by atoms with Crippen molar-refractivity contribution in [1.29, 1.82) is 0 Å². The van der Waals surface area contributed by atoms with E-state index in [1.807, 2.05) is 13.8 Å². The predicted octanol–water partition coefficient (Wildman–Crippen LogP) is 2.45. The number of carbonyl (C=O) groups excluding carboxylic acids is 1. The fourth-order valence-corrected chi connectivity index (χ4v) is 2.88. The van der Waals surface area contributed by atoms with Gasteiger partial charge in [0.25, 0.3) is 5.91 Å². The molecule has 0 radical (unpaired) electrons. The molecule has 1 unspecified atom stereocenters. The number of ether oxygens (including phenoxy) is 2. The average molecular weight is 411 g/mol. The minimum Gasteiger partial charge on any atom is -0.493 e. The number of nitrogens with zero attached hydrogens (tertiary/aromatic N) is 4. The Morgan fingerprint density at radius 1 is 1.27 bits per heavy atom. The molecule has 0 aromatic carbocycles. The van der Waals surface area contributed by atoms with Crippen molar-refractivity contribution >= 4 is 5.91 Å². The first-order chi connectivity index (χ1) is 14.5. The van der Waals surface area contributed by atoms with Crippen LogP contribution in [-0.4, -0.2) is 57.6 Å². The smallest absolute Gasteiger partial charge is 0.252 e. The summed E-state index contributed by atoms with van der Waals surface area (Å²) in [5, 5.41) is 17.7. The van der Waals surface area contributed by atoms with Gasteiger partial charge in [0.05, 0.1) is 30.5 Å². The van der Waals surface area contributed by atoms with E-state index in [1.165, 1.54) is 10.9 Å². The maximum atomic E-state index is 12.3. The highest BCUT2D eigenvalue weighted by molar-refractivity contribution is 5.93. The van der Waals surface area contributed by atoms with Gasteiger partial charge in [-0.25, -0.2) is 9.97 Å². The highest BCUT2D eigenvalue weighted by atomic mass is 16.5. The van der Waals surface area contributed by atoms with E-state index in [9.17, 15) is 9.90 Å². The summed E-state index contributed by atoms with van der Waals surface area (Å²) in [5.74, 6) is 0.781. The molecule has 0 spiro atoms. The monoisotopic (exact) mass is 411 g/mol. The molecule has 30 heavy (non-hydrogen) atoms. The Morgan fingerprint density at radius 2 is 2.10 bits per heavy atom. The van der Waals surface area contributed by atoms with Crippen LogP contribution < -0.4 is 10.1 Å². The zero-order valence-corrected chi connectivity index (χ0v) is 17.2. The Balaban J connectivity index is 1.74. The lowest BCUT2D eigenvalue weighted by atomic mass is 10.1. The number of nitrogens with one attached hydrogen (secondary N) is 1. The zero-order valence-electron chi connectivity index (χ0n) is 17.2. The summed E-state index contributed by atoms with van der Waals surface area (Å²) in [6.07, 6.45) is 4.60. The fraction of sp³-hybridized carbons (Fsp3) is 0.333. The van der Waals surface area contributed by atoms with Crippen molar-refractivity contribution < 1.29 is 19.4 Å². The summed E-state index contributed by atoms with van der Waals surface area (Å²) in [4.78, 5) is 20.7. The van der Waals surface area contributed by atoms with Crippen LogP contribution in [0.1, 0.15) is 24.2 Å². The van der Waals surface area contributed by atoms with Crippen molar-refractivity contribution in [3.8, 4) is 28.7 Å². The van der Waals surface area contributed by atoms with Gasteiger partial charge in [-0.05, 0) is 36.6 Å². The standard InChI is InChI=1S/C21H25N5O4/c1-4-30-19-9-15(7-8-22-19)17-12-25-26(21(17)28)18-6-5-16(11-23-18)20(27)24-10-14(2)13-29-3/h5-9,11-12,14,28H,4,10,13H2,1-3H3,(H,24,27). The lowest BCUT2D eigenvalue weighted by molar-refractivity contribution is 0.0933. The van der Waals surface area contributed by atoms with E-state index >= 15 is 0 Å². The second-order valence-electron chi connectivity index (χ2n) is 6.79. The van der Waals surface area contributed by atoms with Gasteiger partial charge in [-0.1, -0.05) is 6.92 Å². The topological polar surface area (TPSA) is 111 Å². The van der Waals surface area contributed by atoms with E-state index in [0.717, 1.165) is 5.56 Å². The molecule has 0 saturated carbocycles. The predicted molar refractivity (Wildman–Crippen MR) is 111 cm³/mol. The lowest BCUT2D eigenvalue weighted by Crippen LogP contribution is -2.30. The van der Waals surface area contributed by atoms with Gasteiger partial charge in [-0.15, -0.1) is 0 Å². The Bertz CT molecular complexity index is 987. The second kappa shape index (κ2) is 9.84. The molecule has 3 aromatic heterocycles. The molecule has 1 amide bonds. The van der Waals surface area contributed by atoms with Crippen LogP contribution in [0.15, 0.2) is 42.9 Å². The van der Waals surface area contributed by atoms with Crippen molar-refractivity contribution in [1.82, 2.24) is 25.1 Å². The highest BCUT2D eigenvalue weighted by Gasteiger charge is 2.15. The molecule has 0 fully saturated rings. The summed E-state index contributed by atoms with van der Waals surface area (Å²) < 4.78 is 11.8. The lowest BCUT2D eigenvalue weighted by Gasteiger charge is -2.11. The van der Waals surface area contributed by atoms with Gasteiger partial charge in [0, 0.05) is 32.1 Å². The summed E-state index contributed by atoms with van der Waals surface area (Å²) in [6.45, 7) is 5.44. The van der Waals surface area contributed by atoms with Gasteiger partial charge in [-0.3, -0.25) is 4.79 Å². The van der Waals surface area contributed by atoms with Gasteiger partial charge in [0.2, 0.25) is 11.8 Å². The third-order valence-corrected chi connectivity index (χ3v) is 4.37. The second-order valence-corrected chi connectivity index (χ2v) is 6.79. The number of pyridine rings is 2. The van der Waals surface area contributed by atoms with Crippen LogP contribution in [0.3, 0.4) is 0 Å². The molecule has 0 bridgehead atoms. The van der Waals surface area contributed by atoms with Crippen molar-refractivity contribution in [3.05, 3.63) is 48.4 Å². The van der Waals surface area contributed by atoms with Crippen molar-refractivity contribution in [2.24, 2.45) is 5.92 Å². The minimum absolute atomic E-state index is 0.0678. The van der Waals surface area contributed by atoms with Gasteiger partial charge in [0.15, 0.2) is 5.82 Å². The average Bonchev–Trinajstić information content (AvgIpc) is 3.14. The van der Waals surface area contributed by atoms with Gasteiger partial charge >= 0.3 is 0 Å². The van der Waals surface area contributed by atoms with Crippen molar-refractivity contribution in [2.45, 2.75) is 13.8 Å². The van der Waals surface area contributed by atoms with Crippen molar-refractivity contribution in [3.63, 3.8) is 0 Å². The number of carbonyl (C=O) groups is 1. The molecule has 0 aliphatic rings. The molecule has 2 N–H and O–H groups in total. The van der Waals surface area contributed by atoms with Crippen LogP contribution in [0.25, 0.3) is 16.9 Å². The molecular formula is C21H25N5O4. The molecule has 9 nitrogen and oxygen atoms in total.